The summed E-state index contributed by atoms with van der Waals surface area (Å²) >= 11 is 5.76. The van der Waals surface area contributed by atoms with Crippen LogP contribution in [-0.4, -0.2) is 43.7 Å². The van der Waals surface area contributed by atoms with Crippen molar-refractivity contribution in [2.24, 2.45) is 0 Å². The van der Waals surface area contributed by atoms with Gasteiger partial charge in [-0.1, -0.05) is 17.7 Å². The molecule has 2 rings (SSSR count). The largest absolute Gasteiger partial charge is 0.375 e. The minimum absolute atomic E-state index is 0.0428. The van der Waals surface area contributed by atoms with E-state index in [9.17, 15) is 9.18 Å². The molecular weight excluding hydrogens is 295 g/mol. The molecule has 0 aliphatic carbocycles. The lowest BCUT2D eigenvalue weighted by Crippen LogP contribution is -2.45. The number of nitrogens with one attached hydrogen (secondary N) is 1. The maximum atomic E-state index is 13.1. The van der Waals surface area contributed by atoms with Gasteiger partial charge in [-0.25, -0.2) is 4.39 Å². The number of likely N-dealkylation sites (tertiary alicyclic amines) is 1. The van der Waals surface area contributed by atoms with Gasteiger partial charge >= 0.3 is 0 Å². The second-order valence-corrected chi connectivity index (χ2v) is 5.62. The molecule has 1 amide bonds. The summed E-state index contributed by atoms with van der Waals surface area (Å²) in [6.45, 7) is 2.27. The molecule has 1 aromatic rings. The second-order valence-electron chi connectivity index (χ2n) is 5.22. The van der Waals surface area contributed by atoms with Crippen LogP contribution in [0.1, 0.15) is 18.4 Å². The summed E-state index contributed by atoms with van der Waals surface area (Å²) < 4.78 is 17.9. The lowest BCUT2D eigenvalue weighted by molar-refractivity contribution is -0.136. The van der Waals surface area contributed by atoms with Gasteiger partial charge in [-0.15, -0.1) is 0 Å². The third-order valence-corrected chi connectivity index (χ3v) is 3.98. The lowest BCUT2D eigenvalue weighted by Gasteiger charge is -2.32. The highest BCUT2D eigenvalue weighted by Gasteiger charge is 2.22. The molecule has 0 bridgehead atoms. The predicted octanol–water partition coefficient (Wildman–Crippen LogP) is 2.21. The van der Waals surface area contributed by atoms with Gasteiger partial charge in [0.1, 0.15) is 12.4 Å². The Morgan fingerprint density at radius 1 is 1.48 bits per heavy atom. The van der Waals surface area contributed by atoms with Crippen LogP contribution in [0.2, 0.25) is 5.02 Å². The summed E-state index contributed by atoms with van der Waals surface area (Å²) in [6.07, 6.45) is 1.81. The van der Waals surface area contributed by atoms with Gasteiger partial charge in [0.05, 0.1) is 5.02 Å². The smallest absolute Gasteiger partial charge is 0.248 e. The van der Waals surface area contributed by atoms with Crippen molar-refractivity contribution in [2.75, 3.05) is 26.8 Å². The summed E-state index contributed by atoms with van der Waals surface area (Å²) in [5, 5.41) is 3.57. The Balaban J connectivity index is 1.76. The molecule has 1 heterocycles. The van der Waals surface area contributed by atoms with E-state index < -0.39 is 5.82 Å². The maximum Gasteiger partial charge on any atom is 0.248 e. The fourth-order valence-corrected chi connectivity index (χ4v) is 2.66. The van der Waals surface area contributed by atoms with Crippen LogP contribution in [0.3, 0.4) is 0 Å². The number of hydrogen-bond acceptors (Lipinski definition) is 3. The minimum atomic E-state index is -0.398. The van der Waals surface area contributed by atoms with Crippen molar-refractivity contribution in [1.29, 1.82) is 0 Å². The zero-order chi connectivity index (χ0) is 15.2. The zero-order valence-electron chi connectivity index (χ0n) is 12.1. The topological polar surface area (TPSA) is 41.6 Å². The summed E-state index contributed by atoms with van der Waals surface area (Å²) in [7, 11) is 1.53. The number of carbonyl (C=O) groups is 1. The monoisotopic (exact) mass is 314 g/mol. The number of methoxy groups -OCH3 is 1. The number of nitrogens with zero attached hydrogens (tertiary/aromatic N) is 1. The molecular formula is C15H20ClFN2O2. The molecule has 1 saturated heterocycles. The van der Waals surface area contributed by atoms with Crippen molar-refractivity contribution in [1.82, 2.24) is 10.2 Å². The highest BCUT2D eigenvalue weighted by atomic mass is 35.5. The van der Waals surface area contributed by atoms with Gasteiger partial charge in [0.25, 0.3) is 0 Å². The van der Waals surface area contributed by atoms with E-state index in [4.69, 9.17) is 16.3 Å². The summed E-state index contributed by atoms with van der Waals surface area (Å²) in [5.41, 5.74) is 0.958. The summed E-state index contributed by atoms with van der Waals surface area (Å²) in [4.78, 5) is 13.5. The van der Waals surface area contributed by atoms with E-state index in [1.54, 1.807) is 12.1 Å². The number of hydrogen-bond donors (Lipinski definition) is 1. The normalized spacial score (nSPS) is 16.2. The van der Waals surface area contributed by atoms with Crippen LogP contribution in [0.15, 0.2) is 18.2 Å². The number of halogens is 2. The molecule has 0 atom stereocenters. The quantitative estimate of drug-likeness (QED) is 0.906. The Morgan fingerprint density at radius 2 is 2.19 bits per heavy atom. The van der Waals surface area contributed by atoms with Gasteiger partial charge in [-0.2, -0.15) is 0 Å². The number of piperidine rings is 1. The molecule has 1 N–H and O–H groups in total. The minimum Gasteiger partial charge on any atom is -0.375 e. The number of amides is 1. The first kappa shape index (κ1) is 16.2. The molecule has 116 valence electrons. The first-order valence-electron chi connectivity index (χ1n) is 7.04. The molecule has 0 spiro atoms. The lowest BCUT2D eigenvalue weighted by atomic mass is 10.0. The van der Waals surface area contributed by atoms with E-state index in [2.05, 4.69) is 5.32 Å². The molecule has 1 aliphatic rings. The van der Waals surface area contributed by atoms with E-state index >= 15 is 0 Å². The average molecular weight is 315 g/mol. The van der Waals surface area contributed by atoms with Crippen LogP contribution in [0.25, 0.3) is 0 Å². The standard InChI is InChI=1S/C15H20ClFN2O2/c1-21-10-15(20)19-6-4-12(5-7-19)18-9-11-2-3-14(17)13(16)8-11/h2-3,8,12,18H,4-7,9-10H2,1H3. The van der Waals surface area contributed by atoms with Crippen molar-refractivity contribution in [3.8, 4) is 0 Å². The molecule has 0 unspecified atom stereocenters. The molecule has 1 fully saturated rings. The molecule has 21 heavy (non-hydrogen) atoms. The fraction of sp³-hybridized carbons (Fsp3) is 0.533. The van der Waals surface area contributed by atoms with Crippen LogP contribution >= 0.6 is 11.6 Å². The summed E-state index contributed by atoms with van der Waals surface area (Å²) in [6, 6.07) is 5.11. The van der Waals surface area contributed by atoms with Gasteiger partial charge in [-0.3, -0.25) is 4.79 Å². The highest BCUT2D eigenvalue weighted by molar-refractivity contribution is 6.30. The molecule has 0 aromatic heterocycles. The van der Waals surface area contributed by atoms with E-state index in [0.29, 0.717) is 12.6 Å². The SMILES string of the molecule is COCC(=O)N1CCC(NCc2ccc(F)c(Cl)c2)CC1. The fourth-order valence-electron chi connectivity index (χ4n) is 2.46. The number of carbonyl (C=O) groups excluding carboxylic acids is 1. The van der Waals surface area contributed by atoms with Crippen molar-refractivity contribution < 1.29 is 13.9 Å². The predicted molar refractivity (Wildman–Crippen MR) is 79.7 cm³/mol. The van der Waals surface area contributed by atoms with Gasteiger partial charge in [0.2, 0.25) is 5.91 Å². The van der Waals surface area contributed by atoms with E-state index in [-0.39, 0.29) is 17.5 Å². The van der Waals surface area contributed by atoms with E-state index in [1.807, 2.05) is 4.90 Å². The maximum absolute atomic E-state index is 13.1. The van der Waals surface area contributed by atoms with Crippen molar-refractivity contribution >= 4 is 17.5 Å². The number of rotatable bonds is 5. The highest BCUT2D eigenvalue weighted by Crippen LogP contribution is 2.17. The number of benzene rings is 1. The third kappa shape index (κ3) is 4.66. The first-order valence-corrected chi connectivity index (χ1v) is 7.42. The van der Waals surface area contributed by atoms with Crippen molar-refractivity contribution in [2.45, 2.75) is 25.4 Å². The van der Waals surface area contributed by atoms with Crippen LogP contribution in [0, 0.1) is 5.82 Å². The first-order chi connectivity index (χ1) is 10.1. The van der Waals surface area contributed by atoms with E-state index in [1.165, 1.54) is 13.2 Å². The third-order valence-electron chi connectivity index (χ3n) is 3.69. The molecule has 1 aliphatic heterocycles. The zero-order valence-corrected chi connectivity index (χ0v) is 12.8. The Bertz CT molecular complexity index is 491. The van der Waals surface area contributed by atoms with Gasteiger partial charge in [0, 0.05) is 32.8 Å². The Kier molecular flexibility index (Phi) is 5.96. The molecule has 1 aromatic carbocycles. The number of ether oxygens (including phenoxy) is 1. The molecule has 6 heteroatoms. The van der Waals surface area contributed by atoms with Gasteiger partial charge < -0.3 is 15.0 Å². The average Bonchev–Trinajstić information content (AvgIpc) is 2.49. The van der Waals surface area contributed by atoms with Gasteiger partial charge in [0.15, 0.2) is 0 Å². The van der Waals surface area contributed by atoms with E-state index in [0.717, 1.165) is 31.5 Å². The molecule has 4 nitrogen and oxygen atoms in total. The Morgan fingerprint density at radius 3 is 2.81 bits per heavy atom. The second kappa shape index (κ2) is 7.73. The van der Waals surface area contributed by atoms with Crippen molar-refractivity contribution in [3.05, 3.63) is 34.6 Å². The van der Waals surface area contributed by atoms with Crippen molar-refractivity contribution in [3.63, 3.8) is 0 Å². The van der Waals surface area contributed by atoms with Crippen LogP contribution in [-0.2, 0) is 16.1 Å². The van der Waals surface area contributed by atoms with Crippen LogP contribution in [0.4, 0.5) is 4.39 Å². The Hall–Kier alpha value is -1.17. The van der Waals surface area contributed by atoms with Gasteiger partial charge in [-0.05, 0) is 30.5 Å². The summed E-state index contributed by atoms with van der Waals surface area (Å²) in [5.74, 6) is -0.355. The molecule has 0 saturated carbocycles. The Labute approximate surface area is 129 Å². The van der Waals surface area contributed by atoms with Crippen LogP contribution in [0.5, 0.6) is 0 Å². The van der Waals surface area contributed by atoms with Crippen LogP contribution < -0.4 is 5.32 Å². The molecule has 0 radical (unpaired) electrons.